The summed E-state index contributed by atoms with van der Waals surface area (Å²) in [6.07, 6.45) is 12.9. The normalized spacial score (nSPS) is 36.9. The van der Waals surface area contributed by atoms with E-state index in [1.807, 2.05) is 24.3 Å². The molecular formula is C28H36O2. The van der Waals surface area contributed by atoms with Crippen molar-refractivity contribution in [2.45, 2.75) is 88.9 Å². The van der Waals surface area contributed by atoms with Gasteiger partial charge in [0.2, 0.25) is 0 Å². The van der Waals surface area contributed by atoms with Crippen LogP contribution in [0.15, 0.2) is 48.5 Å². The van der Waals surface area contributed by atoms with Crippen LogP contribution in [0.3, 0.4) is 0 Å². The molecular weight excluding hydrogens is 368 g/mol. The van der Waals surface area contributed by atoms with E-state index in [1.165, 1.54) is 75.3 Å². The summed E-state index contributed by atoms with van der Waals surface area (Å²) in [4.78, 5) is 0. The van der Waals surface area contributed by atoms with E-state index >= 15 is 0 Å². The zero-order valence-electron chi connectivity index (χ0n) is 18.6. The van der Waals surface area contributed by atoms with E-state index in [0.717, 1.165) is 0 Å². The van der Waals surface area contributed by atoms with Crippen molar-refractivity contribution in [3.05, 3.63) is 59.7 Å². The summed E-state index contributed by atoms with van der Waals surface area (Å²) in [6, 6.07) is 16.4. The minimum absolute atomic E-state index is 0.199. The first kappa shape index (κ1) is 20.0. The maximum atomic E-state index is 9.94. The molecule has 0 aliphatic heterocycles. The molecule has 0 aromatic heterocycles. The topological polar surface area (TPSA) is 40.5 Å². The quantitative estimate of drug-likeness (QED) is 0.533. The fraction of sp³-hybridized carbons (Fsp3) is 0.571. The monoisotopic (exact) mass is 404 g/mol. The highest BCUT2D eigenvalue weighted by atomic mass is 16.3. The Morgan fingerprint density at radius 2 is 0.933 bits per heavy atom. The molecule has 2 heteroatoms. The van der Waals surface area contributed by atoms with Crippen molar-refractivity contribution >= 4 is 0 Å². The molecule has 0 radical (unpaired) electrons. The van der Waals surface area contributed by atoms with E-state index in [2.05, 4.69) is 38.1 Å². The highest BCUT2D eigenvalue weighted by Crippen LogP contribution is 2.76. The van der Waals surface area contributed by atoms with Crippen molar-refractivity contribution in [2.75, 3.05) is 0 Å². The van der Waals surface area contributed by atoms with Crippen molar-refractivity contribution < 1.29 is 10.2 Å². The second-order valence-electron chi connectivity index (χ2n) is 11.2. The van der Waals surface area contributed by atoms with Gasteiger partial charge in [0.1, 0.15) is 11.5 Å². The van der Waals surface area contributed by atoms with Crippen LogP contribution in [0.1, 0.15) is 89.2 Å². The van der Waals surface area contributed by atoms with Crippen molar-refractivity contribution in [1.82, 2.24) is 0 Å². The van der Waals surface area contributed by atoms with Crippen LogP contribution >= 0.6 is 0 Å². The van der Waals surface area contributed by atoms with Gasteiger partial charge in [-0.25, -0.2) is 0 Å². The molecule has 30 heavy (non-hydrogen) atoms. The third kappa shape index (κ3) is 2.98. The number of rotatable bonds is 6. The van der Waals surface area contributed by atoms with Gasteiger partial charge in [0.15, 0.2) is 0 Å². The van der Waals surface area contributed by atoms with Gasteiger partial charge >= 0.3 is 0 Å². The molecule has 0 atom stereocenters. The van der Waals surface area contributed by atoms with Crippen LogP contribution in [0.25, 0.3) is 0 Å². The second kappa shape index (κ2) is 6.77. The Kier molecular flexibility index (Phi) is 4.51. The van der Waals surface area contributed by atoms with Crippen molar-refractivity contribution in [3.8, 4) is 11.5 Å². The summed E-state index contributed by atoms with van der Waals surface area (Å²) in [5.41, 5.74) is 4.09. The lowest BCUT2D eigenvalue weighted by molar-refractivity contribution is -0.148. The SMILES string of the molecule is CCCC12CC3(CCC)CC(c4ccc(O)cc4)(C1)CC(c1ccc(O)cc1)(C2)C3. The van der Waals surface area contributed by atoms with Gasteiger partial charge in [-0.05, 0) is 108 Å². The van der Waals surface area contributed by atoms with Gasteiger partial charge in [-0.2, -0.15) is 0 Å². The van der Waals surface area contributed by atoms with E-state index < -0.39 is 0 Å². The molecule has 4 fully saturated rings. The largest absolute Gasteiger partial charge is 0.508 e. The van der Waals surface area contributed by atoms with Gasteiger partial charge < -0.3 is 10.2 Å². The molecule has 6 rings (SSSR count). The van der Waals surface area contributed by atoms with Crippen LogP contribution in [0.5, 0.6) is 11.5 Å². The molecule has 2 aromatic carbocycles. The number of aromatic hydroxyl groups is 2. The standard InChI is InChI=1S/C28H36O2/c1-3-13-25-15-26(14-4-2)18-27(16-25,21-5-9-23(29)10-6-21)20-28(17-25,19-26)22-7-11-24(30)12-8-22/h5-12,29-30H,3-4,13-20H2,1-2H3. The van der Waals surface area contributed by atoms with Crippen LogP contribution in [0.4, 0.5) is 0 Å². The summed E-state index contributed by atoms with van der Waals surface area (Å²) in [5.74, 6) is 0.728. The minimum Gasteiger partial charge on any atom is -0.508 e. The molecule has 0 spiro atoms. The summed E-state index contributed by atoms with van der Waals surface area (Å²) >= 11 is 0. The predicted octanol–water partition coefficient (Wildman–Crippen LogP) is 7.23. The van der Waals surface area contributed by atoms with Gasteiger partial charge in [-0.3, -0.25) is 0 Å². The highest BCUT2D eigenvalue weighted by molar-refractivity contribution is 5.42. The van der Waals surface area contributed by atoms with E-state index in [9.17, 15) is 10.2 Å². The smallest absolute Gasteiger partial charge is 0.115 e. The molecule has 2 N–H and O–H groups in total. The summed E-state index contributed by atoms with van der Waals surface area (Å²) in [6.45, 7) is 4.71. The summed E-state index contributed by atoms with van der Waals surface area (Å²) < 4.78 is 0. The van der Waals surface area contributed by atoms with Crippen LogP contribution < -0.4 is 0 Å². The van der Waals surface area contributed by atoms with Crippen molar-refractivity contribution in [1.29, 1.82) is 0 Å². The molecule has 0 saturated heterocycles. The van der Waals surface area contributed by atoms with Crippen LogP contribution in [-0.2, 0) is 10.8 Å². The lowest BCUT2D eigenvalue weighted by Crippen LogP contribution is -2.64. The first-order valence-electron chi connectivity index (χ1n) is 12.0. The second-order valence-corrected chi connectivity index (χ2v) is 11.2. The van der Waals surface area contributed by atoms with Gasteiger partial charge in [-0.1, -0.05) is 51.0 Å². The Morgan fingerprint density at radius 3 is 1.27 bits per heavy atom. The van der Waals surface area contributed by atoms with Crippen molar-refractivity contribution in [2.24, 2.45) is 10.8 Å². The number of phenols is 2. The van der Waals surface area contributed by atoms with Gasteiger partial charge in [0.05, 0.1) is 0 Å². The third-order valence-corrected chi connectivity index (χ3v) is 8.80. The number of benzene rings is 2. The molecule has 0 amide bonds. The van der Waals surface area contributed by atoms with Gasteiger partial charge in [0.25, 0.3) is 0 Å². The maximum absolute atomic E-state index is 9.94. The average Bonchev–Trinajstić information content (AvgIpc) is 2.67. The lowest BCUT2D eigenvalue weighted by Gasteiger charge is -2.71. The average molecular weight is 405 g/mol. The first-order valence-corrected chi connectivity index (χ1v) is 12.0. The fourth-order valence-electron chi connectivity index (χ4n) is 8.90. The van der Waals surface area contributed by atoms with E-state index in [0.29, 0.717) is 22.3 Å². The molecule has 2 nitrogen and oxygen atoms in total. The van der Waals surface area contributed by atoms with E-state index in [-0.39, 0.29) is 10.8 Å². The van der Waals surface area contributed by atoms with Crippen LogP contribution in [-0.4, -0.2) is 10.2 Å². The van der Waals surface area contributed by atoms with E-state index in [4.69, 9.17) is 0 Å². The lowest BCUT2D eigenvalue weighted by atomic mass is 9.32. The molecule has 0 unspecified atom stereocenters. The van der Waals surface area contributed by atoms with Crippen LogP contribution in [0.2, 0.25) is 0 Å². The summed E-state index contributed by atoms with van der Waals surface area (Å²) in [5, 5.41) is 19.9. The molecule has 4 aliphatic carbocycles. The molecule has 160 valence electrons. The predicted molar refractivity (Wildman–Crippen MR) is 122 cm³/mol. The van der Waals surface area contributed by atoms with Gasteiger partial charge in [-0.15, -0.1) is 0 Å². The third-order valence-electron chi connectivity index (χ3n) is 8.80. The Morgan fingerprint density at radius 1 is 0.567 bits per heavy atom. The molecule has 4 aliphatic rings. The zero-order chi connectivity index (χ0) is 21.0. The van der Waals surface area contributed by atoms with Crippen LogP contribution in [0, 0.1) is 10.8 Å². The Balaban J connectivity index is 1.69. The zero-order valence-corrected chi connectivity index (χ0v) is 18.6. The molecule has 2 aromatic rings. The first-order chi connectivity index (χ1) is 14.4. The Labute approximate surface area is 181 Å². The molecule has 4 saturated carbocycles. The van der Waals surface area contributed by atoms with Crippen molar-refractivity contribution in [3.63, 3.8) is 0 Å². The molecule has 4 bridgehead atoms. The van der Waals surface area contributed by atoms with Gasteiger partial charge in [0, 0.05) is 0 Å². The van der Waals surface area contributed by atoms with E-state index in [1.54, 1.807) is 0 Å². The maximum Gasteiger partial charge on any atom is 0.115 e. The Bertz CT molecular complexity index is 821. The minimum atomic E-state index is 0.199. The highest BCUT2D eigenvalue weighted by Gasteiger charge is 2.67. The number of hydrogen-bond acceptors (Lipinski definition) is 2. The summed E-state index contributed by atoms with van der Waals surface area (Å²) in [7, 11) is 0. The Hall–Kier alpha value is -1.96. The molecule has 0 heterocycles. The number of hydrogen-bond donors (Lipinski definition) is 2. The number of phenolic OH excluding ortho intramolecular Hbond substituents is 2. The fourth-order valence-corrected chi connectivity index (χ4v) is 8.90.